The molecule has 17 heavy (non-hydrogen) atoms. The van der Waals surface area contributed by atoms with Gasteiger partial charge in [-0.05, 0) is 52.5 Å². The van der Waals surface area contributed by atoms with E-state index in [1.165, 1.54) is 12.0 Å². The van der Waals surface area contributed by atoms with E-state index < -0.39 is 0 Å². The highest BCUT2D eigenvalue weighted by Crippen LogP contribution is 2.29. The van der Waals surface area contributed by atoms with Crippen molar-refractivity contribution in [3.05, 3.63) is 33.3 Å². The van der Waals surface area contributed by atoms with E-state index in [1.54, 1.807) is 0 Å². The highest BCUT2D eigenvalue weighted by molar-refractivity contribution is 9.10. The molecule has 0 amide bonds. The van der Waals surface area contributed by atoms with Crippen LogP contribution in [-0.4, -0.2) is 6.54 Å². The fourth-order valence-corrected chi connectivity index (χ4v) is 2.32. The van der Waals surface area contributed by atoms with Crippen LogP contribution in [0.5, 0.6) is 0 Å². The zero-order valence-electron chi connectivity index (χ0n) is 10.8. The van der Waals surface area contributed by atoms with Crippen LogP contribution in [0.25, 0.3) is 0 Å². The van der Waals surface area contributed by atoms with Crippen molar-refractivity contribution < 1.29 is 0 Å². The van der Waals surface area contributed by atoms with Gasteiger partial charge in [-0.3, -0.25) is 0 Å². The minimum absolute atomic E-state index is 0.403. The Morgan fingerprint density at radius 3 is 2.59 bits per heavy atom. The van der Waals surface area contributed by atoms with Gasteiger partial charge in [0.05, 0.1) is 5.02 Å². The Balaban J connectivity index is 2.84. The van der Waals surface area contributed by atoms with Gasteiger partial charge < -0.3 is 5.32 Å². The van der Waals surface area contributed by atoms with Gasteiger partial charge in [-0.25, -0.2) is 0 Å². The number of halogens is 2. The molecule has 1 N–H and O–H groups in total. The Kier molecular flexibility index (Phi) is 6.53. The SMILES string of the molecule is CCNC(CC(C)CC)c1ccc(Br)c(Cl)c1. The van der Waals surface area contributed by atoms with Crippen molar-refractivity contribution in [2.45, 2.75) is 39.7 Å². The minimum atomic E-state index is 0.403. The Bertz CT molecular complexity index is 354. The number of hydrogen-bond acceptors (Lipinski definition) is 1. The lowest BCUT2D eigenvalue weighted by molar-refractivity contribution is 0.408. The van der Waals surface area contributed by atoms with Gasteiger partial charge in [-0.1, -0.05) is 44.9 Å². The molecule has 0 saturated carbocycles. The lowest BCUT2D eigenvalue weighted by Gasteiger charge is -2.22. The molecular formula is C14H21BrClN. The largest absolute Gasteiger partial charge is 0.310 e. The van der Waals surface area contributed by atoms with Crippen LogP contribution in [-0.2, 0) is 0 Å². The van der Waals surface area contributed by atoms with Crippen LogP contribution in [0, 0.1) is 5.92 Å². The molecule has 0 heterocycles. The van der Waals surface area contributed by atoms with Gasteiger partial charge in [-0.15, -0.1) is 0 Å². The van der Waals surface area contributed by atoms with E-state index in [1.807, 2.05) is 6.07 Å². The molecule has 1 aromatic carbocycles. The molecule has 0 spiro atoms. The fraction of sp³-hybridized carbons (Fsp3) is 0.571. The summed E-state index contributed by atoms with van der Waals surface area (Å²) < 4.78 is 0.960. The molecule has 0 aliphatic rings. The maximum absolute atomic E-state index is 6.15. The molecule has 0 aliphatic carbocycles. The van der Waals surface area contributed by atoms with Crippen molar-refractivity contribution in [3.8, 4) is 0 Å². The molecule has 1 aromatic rings. The topological polar surface area (TPSA) is 12.0 Å². The Morgan fingerprint density at radius 2 is 2.06 bits per heavy atom. The maximum atomic E-state index is 6.15. The van der Waals surface area contributed by atoms with E-state index in [0.717, 1.165) is 28.4 Å². The van der Waals surface area contributed by atoms with Gasteiger partial charge in [0.15, 0.2) is 0 Å². The minimum Gasteiger partial charge on any atom is -0.310 e. The molecule has 0 bridgehead atoms. The van der Waals surface area contributed by atoms with Gasteiger partial charge in [0, 0.05) is 10.5 Å². The third-order valence-corrected chi connectivity index (χ3v) is 4.36. The monoisotopic (exact) mass is 317 g/mol. The number of hydrogen-bond donors (Lipinski definition) is 1. The van der Waals surface area contributed by atoms with Crippen LogP contribution < -0.4 is 5.32 Å². The molecule has 2 unspecified atom stereocenters. The zero-order chi connectivity index (χ0) is 12.8. The first-order valence-electron chi connectivity index (χ1n) is 6.26. The molecule has 0 fully saturated rings. The zero-order valence-corrected chi connectivity index (χ0v) is 13.1. The van der Waals surface area contributed by atoms with E-state index in [-0.39, 0.29) is 0 Å². The number of nitrogens with one attached hydrogen (secondary N) is 1. The summed E-state index contributed by atoms with van der Waals surface area (Å²) in [4.78, 5) is 0. The number of benzene rings is 1. The van der Waals surface area contributed by atoms with Crippen LogP contribution in [0.4, 0.5) is 0 Å². The first-order valence-corrected chi connectivity index (χ1v) is 7.43. The molecule has 0 radical (unpaired) electrons. The summed E-state index contributed by atoms with van der Waals surface area (Å²) in [6.45, 7) is 7.66. The third kappa shape index (κ3) is 4.61. The summed E-state index contributed by atoms with van der Waals surface area (Å²) in [6, 6.07) is 6.63. The van der Waals surface area contributed by atoms with Gasteiger partial charge in [0.2, 0.25) is 0 Å². The van der Waals surface area contributed by atoms with Gasteiger partial charge in [0.1, 0.15) is 0 Å². The average Bonchev–Trinajstić information content (AvgIpc) is 2.32. The van der Waals surface area contributed by atoms with E-state index >= 15 is 0 Å². The predicted molar refractivity (Wildman–Crippen MR) is 79.6 cm³/mol. The molecule has 3 heteroatoms. The van der Waals surface area contributed by atoms with Crippen molar-refractivity contribution >= 4 is 27.5 Å². The highest BCUT2D eigenvalue weighted by Gasteiger charge is 2.14. The maximum Gasteiger partial charge on any atom is 0.0551 e. The Labute approximate surface area is 118 Å². The predicted octanol–water partition coefficient (Wildman–Crippen LogP) is 5.19. The van der Waals surface area contributed by atoms with Gasteiger partial charge >= 0.3 is 0 Å². The first-order chi connectivity index (χ1) is 8.08. The van der Waals surface area contributed by atoms with Crippen LogP contribution in [0.2, 0.25) is 5.02 Å². The van der Waals surface area contributed by atoms with Crippen molar-refractivity contribution in [2.75, 3.05) is 6.54 Å². The van der Waals surface area contributed by atoms with Crippen LogP contribution in [0.1, 0.15) is 45.2 Å². The van der Waals surface area contributed by atoms with Crippen molar-refractivity contribution in [2.24, 2.45) is 5.92 Å². The summed E-state index contributed by atoms with van der Waals surface area (Å²) in [7, 11) is 0. The third-order valence-electron chi connectivity index (χ3n) is 3.13. The Hall–Kier alpha value is -0.0500. The fourth-order valence-electron chi connectivity index (χ4n) is 1.88. The first kappa shape index (κ1) is 15.0. The molecule has 1 nitrogen and oxygen atoms in total. The van der Waals surface area contributed by atoms with Crippen molar-refractivity contribution in [1.29, 1.82) is 0 Å². The van der Waals surface area contributed by atoms with Gasteiger partial charge in [0.25, 0.3) is 0 Å². The molecule has 0 aromatic heterocycles. The second-order valence-corrected chi connectivity index (χ2v) is 5.79. The standard InChI is InChI=1S/C14H21BrClN/c1-4-10(3)8-14(17-5-2)11-6-7-12(15)13(16)9-11/h6-7,9-10,14,17H,4-5,8H2,1-3H3. The average molecular weight is 319 g/mol. The van der Waals surface area contributed by atoms with E-state index in [9.17, 15) is 0 Å². The smallest absolute Gasteiger partial charge is 0.0551 e. The Morgan fingerprint density at radius 1 is 1.35 bits per heavy atom. The van der Waals surface area contributed by atoms with Crippen LogP contribution in [0.15, 0.2) is 22.7 Å². The summed E-state index contributed by atoms with van der Waals surface area (Å²) in [5.41, 5.74) is 1.28. The quantitative estimate of drug-likeness (QED) is 0.761. The summed E-state index contributed by atoms with van der Waals surface area (Å²) >= 11 is 9.58. The van der Waals surface area contributed by atoms with Gasteiger partial charge in [-0.2, -0.15) is 0 Å². The summed E-state index contributed by atoms with van der Waals surface area (Å²) in [5, 5.41) is 4.32. The summed E-state index contributed by atoms with van der Waals surface area (Å²) in [5.74, 6) is 0.724. The molecular weight excluding hydrogens is 298 g/mol. The van der Waals surface area contributed by atoms with Crippen molar-refractivity contribution in [1.82, 2.24) is 5.32 Å². The van der Waals surface area contributed by atoms with E-state index in [0.29, 0.717) is 6.04 Å². The summed E-state index contributed by atoms with van der Waals surface area (Å²) in [6.07, 6.45) is 2.37. The second-order valence-electron chi connectivity index (χ2n) is 4.53. The second kappa shape index (κ2) is 7.40. The van der Waals surface area contributed by atoms with E-state index in [2.05, 4.69) is 54.2 Å². The molecule has 2 atom stereocenters. The lowest BCUT2D eigenvalue weighted by atomic mass is 9.94. The molecule has 0 saturated heterocycles. The molecule has 1 rings (SSSR count). The van der Waals surface area contributed by atoms with Crippen LogP contribution >= 0.6 is 27.5 Å². The molecule has 0 aliphatic heterocycles. The van der Waals surface area contributed by atoms with E-state index in [4.69, 9.17) is 11.6 Å². The van der Waals surface area contributed by atoms with Crippen molar-refractivity contribution in [3.63, 3.8) is 0 Å². The normalized spacial score (nSPS) is 14.6. The number of rotatable bonds is 6. The highest BCUT2D eigenvalue weighted by atomic mass is 79.9. The molecule has 96 valence electrons. The lowest BCUT2D eigenvalue weighted by Crippen LogP contribution is -2.22. The van der Waals surface area contributed by atoms with Crippen LogP contribution in [0.3, 0.4) is 0 Å².